The molecule has 12 heteroatoms. The molecule has 5 heterocycles. The summed E-state index contributed by atoms with van der Waals surface area (Å²) in [6.07, 6.45) is 1.47. The summed E-state index contributed by atoms with van der Waals surface area (Å²) in [6, 6.07) is 1.10. The van der Waals surface area contributed by atoms with E-state index in [1.54, 1.807) is 6.92 Å². The van der Waals surface area contributed by atoms with E-state index in [9.17, 15) is 18.3 Å². The highest BCUT2D eigenvalue weighted by molar-refractivity contribution is 5.55. The number of benzene rings is 1. The maximum atomic E-state index is 15.3. The van der Waals surface area contributed by atoms with E-state index in [2.05, 4.69) is 22.0 Å². The number of hydrogen-bond acceptors (Lipinski definition) is 8. The number of nitrogens with two attached hydrogens (primary N) is 1. The van der Waals surface area contributed by atoms with E-state index >= 15 is 4.39 Å². The van der Waals surface area contributed by atoms with Crippen LogP contribution in [0.25, 0.3) is 0 Å². The zero-order valence-corrected chi connectivity index (χ0v) is 23.2. The third kappa shape index (κ3) is 5.14. The van der Waals surface area contributed by atoms with Gasteiger partial charge in [0.1, 0.15) is 12.4 Å². The summed E-state index contributed by atoms with van der Waals surface area (Å²) in [5.41, 5.74) is 3.40. The van der Waals surface area contributed by atoms with Crippen LogP contribution in [0.15, 0.2) is 18.2 Å². The molecule has 6 rings (SSSR count). The molecule has 3 atom stereocenters. The van der Waals surface area contributed by atoms with Crippen LogP contribution in [0.3, 0.4) is 0 Å². The number of rotatable bonds is 5. The Morgan fingerprint density at radius 3 is 2.76 bits per heavy atom. The van der Waals surface area contributed by atoms with Crippen molar-refractivity contribution in [3.05, 3.63) is 52.0 Å². The first-order valence-electron chi connectivity index (χ1n) is 14.1. The van der Waals surface area contributed by atoms with Gasteiger partial charge in [0.25, 0.3) is 0 Å². The quantitative estimate of drug-likeness (QED) is 0.305. The van der Waals surface area contributed by atoms with E-state index in [1.165, 1.54) is 6.92 Å². The van der Waals surface area contributed by atoms with Gasteiger partial charge in [0, 0.05) is 37.2 Å². The standard InChI is InChI=1S/C29H35F4N5O3/c1-17-12-19(34)24(30)22(23(17)29(31,32)33)21-13-20-18(14-40-21)25(37-9-3-6-27(2,39)15-37)36-26(35-20)41-16-28-7-4-10-38(28)11-5-8-28/h4,7,12,21,39H,3,5-6,8-11,13-16,34H2,1-2H3/t21-,27-,28-/m1/s1. The number of nitrogen functional groups attached to an aromatic ring is 1. The van der Waals surface area contributed by atoms with Crippen LogP contribution in [0, 0.1) is 12.7 Å². The molecule has 4 aliphatic rings. The smallest absolute Gasteiger partial charge is 0.417 e. The van der Waals surface area contributed by atoms with Crippen LogP contribution < -0.4 is 15.4 Å². The molecule has 0 unspecified atom stereocenters. The molecule has 4 aliphatic heterocycles. The summed E-state index contributed by atoms with van der Waals surface area (Å²) in [6.45, 7) is 6.01. The molecule has 3 N–H and O–H groups in total. The molecular weight excluding hydrogens is 542 g/mol. The molecule has 2 fully saturated rings. The van der Waals surface area contributed by atoms with Crippen LogP contribution in [-0.2, 0) is 23.9 Å². The minimum atomic E-state index is -4.80. The number of aromatic nitrogens is 2. The summed E-state index contributed by atoms with van der Waals surface area (Å²) in [4.78, 5) is 13.7. The summed E-state index contributed by atoms with van der Waals surface area (Å²) in [5.74, 6) is -0.617. The van der Waals surface area contributed by atoms with Crippen LogP contribution in [0.1, 0.15) is 66.7 Å². The highest BCUT2D eigenvalue weighted by Crippen LogP contribution is 2.45. The summed E-state index contributed by atoms with van der Waals surface area (Å²) in [5, 5.41) is 10.8. The van der Waals surface area contributed by atoms with Crippen molar-refractivity contribution in [1.82, 2.24) is 14.9 Å². The number of aliphatic hydroxyl groups is 1. The van der Waals surface area contributed by atoms with Crippen LogP contribution in [-0.4, -0.2) is 63.9 Å². The first kappa shape index (κ1) is 28.2. The van der Waals surface area contributed by atoms with Crippen molar-refractivity contribution in [2.24, 2.45) is 0 Å². The van der Waals surface area contributed by atoms with Gasteiger partial charge in [-0.1, -0.05) is 12.2 Å². The minimum Gasteiger partial charge on any atom is -0.461 e. The lowest BCUT2D eigenvalue weighted by atomic mass is 9.91. The lowest BCUT2D eigenvalue weighted by Crippen LogP contribution is -2.47. The van der Waals surface area contributed by atoms with Crippen molar-refractivity contribution in [2.75, 3.05) is 43.4 Å². The Morgan fingerprint density at radius 2 is 2.00 bits per heavy atom. The molecule has 1 aromatic carbocycles. The minimum absolute atomic E-state index is 0.103. The maximum Gasteiger partial charge on any atom is 0.417 e. The molecule has 1 aromatic heterocycles. The van der Waals surface area contributed by atoms with Crippen molar-refractivity contribution in [1.29, 1.82) is 0 Å². The van der Waals surface area contributed by atoms with Gasteiger partial charge in [-0.25, -0.2) is 4.39 Å². The van der Waals surface area contributed by atoms with Gasteiger partial charge in [-0.15, -0.1) is 0 Å². The van der Waals surface area contributed by atoms with E-state index in [-0.39, 0.29) is 35.8 Å². The van der Waals surface area contributed by atoms with Crippen molar-refractivity contribution in [3.8, 4) is 6.01 Å². The second kappa shape index (κ2) is 10.1. The van der Waals surface area contributed by atoms with E-state index in [0.717, 1.165) is 38.4 Å². The fraction of sp³-hybridized carbons (Fsp3) is 0.586. The van der Waals surface area contributed by atoms with Gasteiger partial charge in [0.15, 0.2) is 5.82 Å². The number of halogens is 4. The number of nitrogens with zero attached hydrogens (tertiary/aromatic N) is 4. The lowest BCUT2D eigenvalue weighted by Gasteiger charge is -2.39. The predicted molar refractivity (Wildman–Crippen MR) is 144 cm³/mol. The Balaban J connectivity index is 1.38. The normalized spacial score (nSPS) is 28.2. The van der Waals surface area contributed by atoms with E-state index in [1.807, 2.05) is 4.90 Å². The summed E-state index contributed by atoms with van der Waals surface area (Å²) in [7, 11) is 0. The number of anilines is 2. The molecule has 0 amide bonds. The van der Waals surface area contributed by atoms with Crippen LogP contribution in [0.5, 0.6) is 6.01 Å². The van der Waals surface area contributed by atoms with Crippen molar-refractivity contribution in [3.63, 3.8) is 0 Å². The fourth-order valence-corrected chi connectivity index (χ4v) is 6.89. The molecule has 2 saturated heterocycles. The second-order valence-corrected chi connectivity index (χ2v) is 12.0. The Labute approximate surface area is 236 Å². The molecule has 8 nitrogen and oxygen atoms in total. The Hall–Kier alpha value is -2.96. The highest BCUT2D eigenvalue weighted by Gasteiger charge is 2.44. The Kier molecular flexibility index (Phi) is 6.94. The van der Waals surface area contributed by atoms with Gasteiger partial charge in [-0.2, -0.15) is 23.1 Å². The summed E-state index contributed by atoms with van der Waals surface area (Å²) < 4.78 is 69.8. The van der Waals surface area contributed by atoms with Gasteiger partial charge >= 0.3 is 12.2 Å². The average molecular weight is 578 g/mol. The van der Waals surface area contributed by atoms with Gasteiger partial charge in [-0.05, 0) is 57.7 Å². The number of fused-ring (bicyclic) bond motifs is 2. The number of ether oxygens (including phenoxy) is 2. The SMILES string of the molecule is Cc1cc(N)c(F)c([C@H]2Cc3nc(OC[C@]45C=CCN4CCC5)nc(N4CCC[C@@](C)(O)C4)c3CO2)c1C(F)(F)F. The Morgan fingerprint density at radius 1 is 1.22 bits per heavy atom. The summed E-state index contributed by atoms with van der Waals surface area (Å²) >= 11 is 0. The molecule has 0 aliphatic carbocycles. The molecule has 0 bridgehead atoms. The van der Waals surface area contributed by atoms with Crippen LogP contribution in [0.2, 0.25) is 0 Å². The van der Waals surface area contributed by atoms with Gasteiger partial charge in [-0.3, -0.25) is 4.90 Å². The number of piperidine rings is 1. The molecule has 222 valence electrons. The monoisotopic (exact) mass is 577 g/mol. The molecule has 41 heavy (non-hydrogen) atoms. The number of aryl methyl sites for hydroxylation is 1. The van der Waals surface area contributed by atoms with Gasteiger partial charge in [0.2, 0.25) is 0 Å². The molecule has 2 aromatic rings. The van der Waals surface area contributed by atoms with E-state index in [0.29, 0.717) is 43.2 Å². The van der Waals surface area contributed by atoms with Crippen molar-refractivity contribution < 1.29 is 32.1 Å². The largest absolute Gasteiger partial charge is 0.461 e. The third-order valence-corrected chi connectivity index (χ3v) is 8.84. The highest BCUT2D eigenvalue weighted by atomic mass is 19.4. The average Bonchev–Trinajstić information content (AvgIpc) is 3.48. The van der Waals surface area contributed by atoms with Crippen LogP contribution >= 0.6 is 0 Å². The Bertz CT molecular complexity index is 1380. The number of alkyl halides is 3. The topological polar surface area (TPSA) is 97.0 Å². The maximum absolute atomic E-state index is 15.3. The van der Waals surface area contributed by atoms with E-state index in [4.69, 9.17) is 20.2 Å². The molecular formula is C29H35F4N5O3. The first-order chi connectivity index (χ1) is 19.4. The van der Waals surface area contributed by atoms with Gasteiger partial charge < -0.3 is 25.2 Å². The zero-order valence-electron chi connectivity index (χ0n) is 23.2. The first-order valence-corrected chi connectivity index (χ1v) is 14.1. The van der Waals surface area contributed by atoms with Crippen molar-refractivity contribution >= 4 is 11.5 Å². The molecule has 0 saturated carbocycles. The van der Waals surface area contributed by atoms with Gasteiger partial charge in [0.05, 0.1) is 40.8 Å². The molecule has 0 radical (unpaired) electrons. The number of hydrogen-bond donors (Lipinski definition) is 2. The fourth-order valence-electron chi connectivity index (χ4n) is 6.89. The lowest BCUT2D eigenvalue weighted by molar-refractivity contribution is -0.140. The second-order valence-electron chi connectivity index (χ2n) is 12.0. The van der Waals surface area contributed by atoms with Crippen LogP contribution in [0.4, 0.5) is 29.1 Å². The predicted octanol–water partition coefficient (Wildman–Crippen LogP) is 4.47. The molecule has 0 spiro atoms. The zero-order chi connectivity index (χ0) is 29.2. The number of β-amino-alcohol motifs (C(OH)–C–C–N with tert-alkyl or cyclic N) is 1. The third-order valence-electron chi connectivity index (χ3n) is 8.84. The van der Waals surface area contributed by atoms with E-state index < -0.39 is 34.8 Å². The van der Waals surface area contributed by atoms with Crippen molar-refractivity contribution in [2.45, 2.75) is 76.0 Å².